The molecule has 2 N–H and O–H groups in total. The second-order valence-electron chi connectivity index (χ2n) is 5.48. The SMILES string of the molecule is C[C@@H]1OCc2c1nc(N)c(C#N)c2-c1cccc2c1OC(F)(F)O2. The highest BCUT2D eigenvalue weighted by Crippen LogP contribution is 2.50. The van der Waals surface area contributed by atoms with Crippen molar-refractivity contribution in [1.82, 2.24) is 4.98 Å². The molecule has 1 aromatic carbocycles. The highest BCUT2D eigenvalue weighted by molar-refractivity contribution is 5.84. The van der Waals surface area contributed by atoms with E-state index in [2.05, 4.69) is 14.5 Å². The standard InChI is InChI=1S/C16H11F2N3O3/c1-7-13-10(6-22-7)12(9(5-19)15(20)21-13)8-3-2-4-11-14(8)24-16(17,18)23-11/h2-4,7H,6H2,1H3,(H2,20,21)/t7-/m0/s1. The number of aromatic nitrogens is 1. The lowest BCUT2D eigenvalue weighted by Crippen LogP contribution is -2.26. The number of benzene rings is 1. The predicted octanol–water partition coefficient (Wildman–Crippen LogP) is 3.12. The summed E-state index contributed by atoms with van der Waals surface area (Å²) in [6.45, 7) is 2.01. The molecular weight excluding hydrogens is 320 g/mol. The van der Waals surface area contributed by atoms with Gasteiger partial charge in [-0.15, -0.1) is 8.78 Å². The van der Waals surface area contributed by atoms with Gasteiger partial charge >= 0.3 is 6.29 Å². The van der Waals surface area contributed by atoms with E-state index in [0.717, 1.165) is 0 Å². The summed E-state index contributed by atoms with van der Waals surface area (Å²) in [4.78, 5) is 4.22. The van der Waals surface area contributed by atoms with Crippen LogP contribution in [0.3, 0.4) is 0 Å². The van der Waals surface area contributed by atoms with Gasteiger partial charge in [0.1, 0.15) is 17.5 Å². The van der Waals surface area contributed by atoms with E-state index < -0.39 is 6.29 Å². The van der Waals surface area contributed by atoms with Crippen LogP contribution in [0.5, 0.6) is 11.5 Å². The number of pyridine rings is 1. The third-order valence-corrected chi connectivity index (χ3v) is 4.03. The molecule has 0 radical (unpaired) electrons. The molecule has 0 saturated carbocycles. The quantitative estimate of drug-likeness (QED) is 0.863. The Bertz CT molecular complexity index is 908. The van der Waals surface area contributed by atoms with Crippen LogP contribution in [-0.2, 0) is 11.3 Å². The Morgan fingerprint density at radius 3 is 2.92 bits per heavy atom. The maximum absolute atomic E-state index is 13.5. The number of fused-ring (bicyclic) bond motifs is 2. The van der Waals surface area contributed by atoms with Crippen LogP contribution in [0.2, 0.25) is 0 Å². The summed E-state index contributed by atoms with van der Waals surface area (Å²) in [5.74, 6) is -0.212. The van der Waals surface area contributed by atoms with Crippen molar-refractivity contribution in [2.24, 2.45) is 0 Å². The molecule has 2 aliphatic rings. The maximum Gasteiger partial charge on any atom is 0.586 e. The zero-order valence-electron chi connectivity index (χ0n) is 12.5. The maximum atomic E-state index is 13.5. The van der Waals surface area contributed by atoms with Crippen LogP contribution in [0.4, 0.5) is 14.6 Å². The fraction of sp³-hybridized carbons (Fsp3) is 0.250. The van der Waals surface area contributed by atoms with Crippen LogP contribution in [0.25, 0.3) is 11.1 Å². The van der Waals surface area contributed by atoms with E-state index in [-0.39, 0.29) is 35.6 Å². The Hall–Kier alpha value is -2.92. The number of alkyl halides is 2. The first kappa shape index (κ1) is 14.7. The molecule has 1 aromatic heterocycles. The molecule has 0 bridgehead atoms. The van der Waals surface area contributed by atoms with E-state index in [1.54, 1.807) is 19.1 Å². The smallest absolute Gasteiger partial charge is 0.395 e. The van der Waals surface area contributed by atoms with E-state index in [1.165, 1.54) is 6.07 Å². The first-order chi connectivity index (χ1) is 11.4. The highest BCUT2D eigenvalue weighted by atomic mass is 19.3. The number of nitriles is 1. The van der Waals surface area contributed by atoms with Crippen LogP contribution in [0, 0.1) is 11.3 Å². The Balaban J connectivity index is 2.02. The van der Waals surface area contributed by atoms with Gasteiger partial charge in [-0.05, 0) is 13.0 Å². The number of para-hydroxylation sites is 1. The number of nitrogens with two attached hydrogens (primary N) is 1. The lowest BCUT2D eigenvalue weighted by Gasteiger charge is -2.14. The van der Waals surface area contributed by atoms with Gasteiger partial charge in [-0.2, -0.15) is 5.26 Å². The number of nitrogens with zero attached hydrogens (tertiary/aromatic N) is 2. The van der Waals surface area contributed by atoms with Crippen molar-refractivity contribution in [1.29, 1.82) is 5.26 Å². The zero-order valence-corrected chi connectivity index (χ0v) is 12.5. The minimum absolute atomic E-state index is 0.0203. The topological polar surface area (TPSA) is 90.4 Å². The molecule has 0 spiro atoms. The van der Waals surface area contributed by atoms with Gasteiger partial charge in [0, 0.05) is 16.7 Å². The molecule has 2 aromatic rings. The summed E-state index contributed by atoms with van der Waals surface area (Å²) in [6, 6.07) is 6.48. The second-order valence-corrected chi connectivity index (χ2v) is 5.48. The Kier molecular flexibility index (Phi) is 2.92. The number of hydrogen-bond acceptors (Lipinski definition) is 6. The van der Waals surface area contributed by atoms with Crippen molar-refractivity contribution in [3.63, 3.8) is 0 Å². The van der Waals surface area contributed by atoms with Crippen molar-refractivity contribution in [3.8, 4) is 28.7 Å². The molecule has 1 atom stereocenters. The van der Waals surface area contributed by atoms with E-state index >= 15 is 0 Å². The van der Waals surface area contributed by atoms with Crippen LogP contribution >= 0.6 is 0 Å². The first-order valence-corrected chi connectivity index (χ1v) is 7.14. The second kappa shape index (κ2) is 4.79. The number of ether oxygens (including phenoxy) is 3. The van der Waals surface area contributed by atoms with Gasteiger partial charge in [-0.1, -0.05) is 12.1 Å². The summed E-state index contributed by atoms with van der Waals surface area (Å²) in [5, 5.41) is 9.48. The molecule has 6 nitrogen and oxygen atoms in total. The summed E-state index contributed by atoms with van der Waals surface area (Å²) >= 11 is 0. The molecule has 4 rings (SSSR count). The summed E-state index contributed by atoms with van der Waals surface area (Å²) in [5.41, 5.74) is 7.90. The van der Waals surface area contributed by atoms with Gasteiger partial charge in [0.05, 0.1) is 18.4 Å². The fourth-order valence-electron chi connectivity index (χ4n) is 3.01. The average molecular weight is 331 g/mol. The molecule has 0 saturated heterocycles. The average Bonchev–Trinajstić information content (AvgIpc) is 3.04. The van der Waals surface area contributed by atoms with Gasteiger partial charge in [0.25, 0.3) is 0 Å². The number of anilines is 1. The molecule has 3 heterocycles. The van der Waals surface area contributed by atoms with E-state index in [1.807, 2.05) is 6.07 Å². The van der Waals surface area contributed by atoms with Crippen molar-refractivity contribution < 1.29 is 23.0 Å². The summed E-state index contributed by atoms with van der Waals surface area (Å²) < 4.78 is 41.6. The number of nitrogen functional groups attached to an aromatic ring is 1. The number of hydrogen-bond donors (Lipinski definition) is 1. The lowest BCUT2D eigenvalue weighted by atomic mass is 9.93. The number of rotatable bonds is 1. The molecule has 8 heteroatoms. The molecule has 0 unspecified atom stereocenters. The van der Waals surface area contributed by atoms with Crippen molar-refractivity contribution in [3.05, 3.63) is 35.0 Å². The molecule has 0 amide bonds. The zero-order chi connectivity index (χ0) is 17.1. The highest BCUT2D eigenvalue weighted by Gasteiger charge is 2.45. The van der Waals surface area contributed by atoms with Gasteiger partial charge in [0.15, 0.2) is 11.5 Å². The third kappa shape index (κ3) is 1.98. The molecule has 2 aliphatic heterocycles. The summed E-state index contributed by atoms with van der Waals surface area (Å²) in [7, 11) is 0. The van der Waals surface area contributed by atoms with Gasteiger partial charge in [-0.25, -0.2) is 4.98 Å². The fourth-order valence-corrected chi connectivity index (χ4v) is 3.01. The largest absolute Gasteiger partial charge is 0.586 e. The molecule has 24 heavy (non-hydrogen) atoms. The van der Waals surface area contributed by atoms with E-state index in [4.69, 9.17) is 10.5 Å². The van der Waals surface area contributed by atoms with Crippen LogP contribution < -0.4 is 15.2 Å². The van der Waals surface area contributed by atoms with Gasteiger partial charge in [0.2, 0.25) is 0 Å². The first-order valence-electron chi connectivity index (χ1n) is 7.14. The van der Waals surface area contributed by atoms with Crippen molar-refractivity contribution in [2.45, 2.75) is 25.9 Å². The number of halogens is 2. The molecule has 122 valence electrons. The third-order valence-electron chi connectivity index (χ3n) is 4.03. The van der Waals surface area contributed by atoms with E-state index in [9.17, 15) is 14.0 Å². The minimum atomic E-state index is -3.75. The Morgan fingerprint density at radius 2 is 2.17 bits per heavy atom. The minimum Gasteiger partial charge on any atom is -0.395 e. The van der Waals surface area contributed by atoms with Crippen molar-refractivity contribution >= 4 is 5.82 Å². The van der Waals surface area contributed by atoms with Crippen LogP contribution in [0.1, 0.15) is 29.8 Å². The predicted molar refractivity (Wildman–Crippen MR) is 78.2 cm³/mol. The van der Waals surface area contributed by atoms with Gasteiger partial charge in [-0.3, -0.25) is 0 Å². The Labute approximate surface area is 135 Å². The Morgan fingerprint density at radius 1 is 1.38 bits per heavy atom. The lowest BCUT2D eigenvalue weighted by molar-refractivity contribution is -0.286. The molecular formula is C16H11F2N3O3. The monoisotopic (exact) mass is 331 g/mol. The van der Waals surface area contributed by atoms with Crippen LogP contribution in [0.15, 0.2) is 18.2 Å². The van der Waals surface area contributed by atoms with Crippen molar-refractivity contribution in [2.75, 3.05) is 5.73 Å². The molecule has 0 fully saturated rings. The normalized spacial score (nSPS) is 19.8. The van der Waals surface area contributed by atoms with E-state index in [0.29, 0.717) is 22.4 Å². The molecule has 0 aliphatic carbocycles. The summed E-state index contributed by atoms with van der Waals surface area (Å²) in [6.07, 6.45) is -4.05. The van der Waals surface area contributed by atoms with Gasteiger partial charge < -0.3 is 19.9 Å². The van der Waals surface area contributed by atoms with Crippen LogP contribution in [-0.4, -0.2) is 11.3 Å².